The van der Waals surface area contributed by atoms with Crippen molar-refractivity contribution in [3.8, 4) is 0 Å². The fourth-order valence-electron chi connectivity index (χ4n) is 3.13. The lowest BCUT2D eigenvalue weighted by molar-refractivity contribution is -0.161. The summed E-state index contributed by atoms with van der Waals surface area (Å²) in [5.41, 5.74) is 3.86. The highest BCUT2D eigenvalue weighted by Gasteiger charge is 2.25. The SMILES string of the molecule is CCCCCOC(=O)C(=O)N(Cc1ccccn1)Cc1cccc(N(C)C)c1C. The normalized spacial score (nSPS) is 10.5. The minimum Gasteiger partial charge on any atom is -0.459 e. The van der Waals surface area contributed by atoms with Crippen molar-refractivity contribution >= 4 is 17.6 Å². The van der Waals surface area contributed by atoms with Crippen molar-refractivity contribution in [1.82, 2.24) is 9.88 Å². The van der Waals surface area contributed by atoms with Gasteiger partial charge >= 0.3 is 11.9 Å². The third-order valence-corrected chi connectivity index (χ3v) is 4.78. The highest BCUT2D eigenvalue weighted by molar-refractivity contribution is 6.32. The number of hydrogen-bond acceptors (Lipinski definition) is 5. The maximum Gasteiger partial charge on any atom is 0.397 e. The van der Waals surface area contributed by atoms with Gasteiger partial charge in [0.15, 0.2) is 0 Å². The number of aromatic nitrogens is 1. The van der Waals surface area contributed by atoms with Gasteiger partial charge in [-0.1, -0.05) is 38.0 Å². The number of benzene rings is 1. The van der Waals surface area contributed by atoms with Crippen molar-refractivity contribution in [3.05, 3.63) is 59.4 Å². The Morgan fingerprint density at radius 1 is 1.03 bits per heavy atom. The van der Waals surface area contributed by atoms with Crippen LogP contribution >= 0.6 is 0 Å². The molecule has 0 aliphatic rings. The first kappa shape index (κ1) is 22.4. The van der Waals surface area contributed by atoms with Gasteiger partial charge in [0.2, 0.25) is 0 Å². The van der Waals surface area contributed by atoms with Gasteiger partial charge in [-0.25, -0.2) is 4.79 Å². The van der Waals surface area contributed by atoms with Crippen LogP contribution in [0.15, 0.2) is 42.6 Å². The monoisotopic (exact) mass is 397 g/mol. The maximum atomic E-state index is 12.9. The number of hydrogen-bond donors (Lipinski definition) is 0. The summed E-state index contributed by atoms with van der Waals surface area (Å²) in [6.45, 7) is 4.93. The summed E-state index contributed by atoms with van der Waals surface area (Å²) in [4.78, 5) is 33.0. The Kier molecular flexibility index (Phi) is 8.65. The average molecular weight is 398 g/mol. The molecule has 1 aromatic carbocycles. The first-order valence-corrected chi connectivity index (χ1v) is 10.1. The van der Waals surface area contributed by atoms with Gasteiger partial charge in [0.05, 0.1) is 18.8 Å². The summed E-state index contributed by atoms with van der Waals surface area (Å²) in [6, 6.07) is 11.5. The molecular formula is C23H31N3O3. The van der Waals surface area contributed by atoms with Crippen molar-refractivity contribution in [1.29, 1.82) is 0 Å². The molecule has 156 valence electrons. The number of carbonyl (C=O) groups excluding carboxylic acids is 2. The Morgan fingerprint density at radius 3 is 2.48 bits per heavy atom. The minimum absolute atomic E-state index is 0.245. The number of amides is 1. The van der Waals surface area contributed by atoms with Crippen molar-refractivity contribution in [2.24, 2.45) is 0 Å². The third-order valence-electron chi connectivity index (χ3n) is 4.78. The van der Waals surface area contributed by atoms with E-state index in [4.69, 9.17) is 4.74 Å². The van der Waals surface area contributed by atoms with Gasteiger partial charge in [-0.2, -0.15) is 0 Å². The molecule has 0 bridgehead atoms. The molecule has 0 saturated heterocycles. The van der Waals surface area contributed by atoms with Crippen LogP contribution in [0.1, 0.15) is 43.0 Å². The predicted molar refractivity (Wildman–Crippen MR) is 114 cm³/mol. The number of rotatable bonds is 9. The highest BCUT2D eigenvalue weighted by Crippen LogP contribution is 2.23. The van der Waals surface area contributed by atoms with Crippen LogP contribution in [0.4, 0.5) is 5.69 Å². The van der Waals surface area contributed by atoms with E-state index in [-0.39, 0.29) is 13.2 Å². The second kappa shape index (κ2) is 11.2. The molecule has 2 aromatic rings. The summed E-state index contributed by atoms with van der Waals surface area (Å²) in [5, 5.41) is 0. The Bertz CT molecular complexity index is 806. The highest BCUT2D eigenvalue weighted by atomic mass is 16.5. The van der Waals surface area contributed by atoms with Gasteiger partial charge in [-0.05, 0) is 42.7 Å². The van der Waals surface area contributed by atoms with Crippen LogP contribution in [0.3, 0.4) is 0 Å². The van der Waals surface area contributed by atoms with Crippen LogP contribution in [0.25, 0.3) is 0 Å². The number of anilines is 1. The summed E-state index contributed by atoms with van der Waals surface area (Å²) in [5.74, 6) is -1.44. The van der Waals surface area contributed by atoms with Crippen LogP contribution in [0.2, 0.25) is 0 Å². The fourth-order valence-corrected chi connectivity index (χ4v) is 3.13. The van der Waals surface area contributed by atoms with E-state index < -0.39 is 11.9 Å². The molecule has 1 amide bonds. The van der Waals surface area contributed by atoms with Crippen molar-refractivity contribution < 1.29 is 14.3 Å². The summed E-state index contributed by atoms with van der Waals surface area (Å²) >= 11 is 0. The number of carbonyl (C=O) groups is 2. The quantitative estimate of drug-likeness (QED) is 0.367. The van der Waals surface area contributed by atoms with E-state index >= 15 is 0 Å². The largest absolute Gasteiger partial charge is 0.459 e. The van der Waals surface area contributed by atoms with Gasteiger partial charge in [-0.15, -0.1) is 0 Å². The molecular weight excluding hydrogens is 366 g/mol. The Hall–Kier alpha value is -2.89. The number of esters is 1. The predicted octanol–water partition coefficient (Wildman–Crippen LogP) is 3.72. The van der Waals surface area contributed by atoms with Crippen LogP contribution < -0.4 is 4.90 Å². The lowest BCUT2D eigenvalue weighted by Crippen LogP contribution is -2.37. The minimum atomic E-state index is -0.807. The van der Waals surface area contributed by atoms with E-state index in [0.29, 0.717) is 6.54 Å². The molecule has 2 rings (SSSR count). The van der Waals surface area contributed by atoms with Crippen LogP contribution in [-0.2, 0) is 27.4 Å². The zero-order chi connectivity index (χ0) is 21.2. The summed E-state index contributed by atoms with van der Waals surface area (Å²) in [7, 11) is 3.97. The number of pyridine rings is 1. The topological polar surface area (TPSA) is 62.7 Å². The molecule has 0 aliphatic heterocycles. The Morgan fingerprint density at radius 2 is 1.83 bits per heavy atom. The zero-order valence-corrected chi connectivity index (χ0v) is 17.9. The van der Waals surface area contributed by atoms with Crippen LogP contribution in [-0.4, -0.2) is 42.5 Å². The lowest BCUT2D eigenvalue weighted by atomic mass is 10.1. The second-order valence-electron chi connectivity index (χ2n) is 7.28. The molecule has 0 radical (unpaired) electrons. The number of nitrogens with zero attached hydrogens (tertiary/aromatic N) is 3. The van der Waals surface area contributed by atoms with Gasteiger partial charge in [0.1, 0.15) is 0 Å². The first-order valence-electron chi connectivity index (χ1n) is 10.1. The van der Waals surface area contributed by atoms with E-state index in [9.17, 15) is 9.59 Å². The first-order chi connectivity index (χ1) is 13.9. The molecule has 0 saturated carbocycles. The smallest absolute Gasteiger partial charge is 0.397 e. The van der Waals surface area contributed by atoms with E-state index in [1.54, 1.807) is 6.20 Å². The Balaban J connectivity index is 2.20. The standard InChI is InChI=1S/C23H31N3O3/c1-5-6-9-15-29-23(28)22(27)26(17-20-12-7-8-14-24-20)16-19-11-10-13-21(18(19)2)25(3)4/h7-8,10-14H,5-6,9,15-17H2,1-4H3. The maximum absolute atomic E-state index is 12.9. The van der Waals surface area contributed by atoms with E-state index in [0.717, 1.165) is 41.8 Å². The molecule has 0 atom stereocenters. The molecule has 0 N–H and O–H groups in total. The van der Waals surface area contributed by atoms with E-state index in [2.05, 4.69) is 11.9 Å². The van der Waals surface area contributed by atoms with Crippen LogP contribution in [0.5, 0.6) is 0 Å². The molecule has 1 aromatic heterocycles. The van der Waals surface area contributed by atoms with Crippen molar-refractivity contribution in [2.45, 2.75) is 46.2 Å². The summed E-state index contributed by atoms with van der Waals surface area (Å²) in [6.07, 6.45) is 4.44. The van der Waals surface area contributed by atoms with Gasteiger partial charge in [0, 0.05) is 32.5 Å². The molecule has 0 unspecified atom stereocenters. The molecule has 1 heterocycles. The Labute approximate surface area is 173 Å². The molecule has 6 heteroatoms. The fraction of sp³-hybridized carbons (Fsp3) is 0.435. The third kappa shape index (κ3) is 6.59. The van der Waals surface area contributed by atoms with Crippen molar-refractivity contribution in [3.63, 3.8) is 0 Å². The van der Waals surface area contributed by atoms with Gasteiger partial charge in [0.25, 0.3) is 0 Å². The second-order valence-corrected chi connectivity index (χ2v) is 7.28. The molecule has 29 heavy (non-hydrogen) atoms. The van der Waals surface area contributed by atoms with Crippen molar-refractivity contribution in [2.75, 3.05) is 25.6 Å². The number of ether oxygens (including phenoxy) is 1. The lowest BCUT2D eigenvalue weighted by Gasteiger charge is -2.24. The average Bonchev–Trinajstić information content (AvgIpc) is 2.72. The van der Waals surface area contributed by atoms with Gasteiger partial charge in [-0.3, -0.25) is 9.78 Å². The molecule has 0 fully saturated rings. The molecule has 0 aliphatic carbocycles. The van der Waals surface area contributed by atoms with Gasteiger partial charge < -0.3 is 14.5 Å². The van der Waals surface area contributed by atoms with E-state index in [1.165, 1.54) is 4.90 Å². The summed E-state index contributed by atoms with van der Waals surface area (Å²) < 4.78 is 5.20. The van der Waals surface area contributed by atoms with E-state index in [1.807, 2.05) is 62.3 Å². The number of unbranched alkanes of at least 4 members (excludes halogenated alkanes) is 2. The molecule has 6 nitrogen and oxygen atoms in total. The van der Waals surface area contributed by atoms with Crippen LogP contribution in [0, 0.1) is 6.92 Å². The molecule has 0 spiro atoms. The zero-order valence-electron chi connectivity index (χ0n) is 17.9.